The Morgan fingerprint density at radius 1 is 0.689 bits per heavy atom. The van der Waals surface area contributed by atoms with Gasteiger partial charge in [0.1, 0.15) is 11.5 Å². The van der Waals surface area contributed by atoms with Gasteiger partial charge in [-0.25, -0.2) is 0 Å². The summed E-state index contributed by atoms with van der Waals surface area (Å²) >= 11 is 1.80. The summed E-state index contributed by atoms with van der Waals surface area (Å²) in [5, 5.41) is 0. The van der Waals surface area contributed by atoms with Crippen LogP contribution in [0.4, 0.5) is 0 Å². The molecule has 0 saturated heterocycles. The van der Waals surface area contributed by atoms with Crippen molar-refractivity contribution in [3.63, 3.8) is 0 Å². The van der Waals surface area contributed by atoms with Gasteiger partial charge in [0.2, 0.25) is 0 Å². The highest BCUT2D eigenvalue weighted by atomic mass is 32.1. The van der Waals surface area contributed by atoms with Gasteiger partial charge in [0.15, 0.2) is 11.5 Å². The first-order chi connectivity index (χ1) is 21.4. The number of methoxy groups -OCH3 is 2. The van der Waals surface area contributed by atoms with Crippen molar-refractivity contribution in [1.82, 2.24) is 0 Å². The third kappa shape index (κ3) is 9.67. The van der Waals surface area contributed by atoms with Gasteiger partial charge in [-0.15, -0.1) is 11.3 Å². The molecule has 0 aliphatic carbocycles. The van der Waals surface area contributed by atoms with Crippen molar-refractivity contribution in [2.45, 2.75) is 125 Å². The third-order valence-corrected chi connectivity index (χ3v) is 10.2. The lowest BCUT2D eigenvalue weighted by atomic mass is 9.85. The molecule has 0 bridgehead atoms. The molecule has 3 rings (SSSR count). The lowest BCUT2D eigenvalue weighted by molar-refractivity contribution is 0.217. The summed E-state index contributed by atoms with van der Waals surface area (Å²) in [6, 6.07) is 13.0. The molecule has 0 aliphatic heterocycles. The van der Waals surface area contributed by atoms with E-state index in [4.69, 9.17) is 18.9 Å². The highest BCUT2D eigenvalue weighted by Gasteiger charge is 2.31. The predicted octanol–water partition coefficient (Wildman–Crippen LogP) is 12.2. The maximum absolute atomic E-state index is 6.87. The number of ether oxygens (including phenoxy) is 4. The Kier molecular flexibility index (Phi) is 13.7. The molecule has 0 N–H and O–H groups in total. The number of unbranched alkanes of at least 4 members (excludes halogenated alkanes) is 4. The first-order valence-electron chi connectivity index (χ1n) is 17.2. The molecule has 0 saturated carbocycles. The van der Waals surface area contributed by atoms with Crippen LogP contribution in [0.1, 0.15) is 124 Å². The second-order valence-corrected chi connectivity index (χ2v) is 15.4. The average Bonchev–Trinajstić information content (AvgIpc) is 3.38. The second-order valence-electron chi connectivity index (χ2n) is 14.4. The molecule has 0 spiro atoms. The van der Waals surface area contributed by atoms with Crippen LogP contribution in [-0.4, -0.2) is 27.4 Å². The molecule has 0 aliphatic rings. The molecule has 1 aromatic heterocycles. The zero-order valence-electron chi connectivity index (χ0n) is 30.2. The van der Waals surface area contributed by atoms with Crippen molar-refractivity contribution in [3.05, 3.63) is 46.8 Å². The molecule has 3 aromatic rings. The summed E-state index contributed by atoms with van der Waals surface area (Å²) in [7, 11) is 3.47. The van der Waals surface area contributed by atoms with E-state index in [1.807, 2.05) is 0 Å². The standard InChI is InChI=1S/C40H60O4S/c1-12-15-17-18-24-43-36-35(44-27-28(14-3)19-16-13-2)37(45-38(36)40(7,8)9)29-20-22-33(41-10)31(25-29)32-26-30(39(4,5)6)21-23-34(32)42-11/h20-23,25-26,28H,12-19,24,27H2,1-11H3. The first kappa shape index (κ1) is 36.8. The van der Waals surface area contributed by atoms with E-state index in [0.717, 1.165) is 57.4 Å². The Morgan fingerprint density at radius 2 is 1.33 bits per heavy atom. The molecule has 4 nitrogen and oxygen atoms in total. The number of hydrogen-bond acceptors (Lipinski definition) is 5. The van der Waals surface area contributed by atoms with E-state index in [0.29, 0.717) is 19.1 Å². The molecule has 1 heterocycles. The van der Waals surface area contributed by atoms with Gasteiger partial charge in [-0.1, -0.05) is 107 Å². The zero-order valence-corrected chi connectivity index (χ0v) is 31.0. The molecular weight excluding hydrogens is 577 g/mol. The quantitative estimate of drug-likeness (QED) is 0.138. The summed E-state index contributed by atoms with van der Waals surface area (Å²) in [5.41, 5.74) is 4.28. The Labute approximate surface area is 278 Å². The number of hydrogen-bond donors (Lipinski definition) is 0. The van der Waals surface area contributed by atoms with Crippen molar-refractivity contribution in [2.24, 2.45) is 5.92 Å². The normalized spacial score (nSPS) is 12.7. The van der Waals surface area contributed by atoms with E-state index >= 15 is 0 Å². The summed E-state index contributed by atoms with van der Waals surface area (Å²) < 4.78 is 25.4. The highest BCUT2D eigenvalue weighted by molar-refractivity contribution is 7.16. The molecule has 1 atom stereocenters. The van der Waals surface area contributed by atoms with Crippen LogP contribution < -0.4 is 18.9 Å². The van der Waals surface area contributed by atoms with Gasteiger partial charge < -0.3 is 18.9 Å². The number of benzene rings is 2. The highest BCUT2D eigenvalue weighted by Crippen LogP contribution is 2.53. The molecule has 5 heteroatoms. The van der Waals surface area contributed by atoms with Crippen LogP contribution in [0, 0.1) is 5.92 Å². The minimum Gasteiger partial charge on any atom is -0.496 e. The van der Waals surface area contributed by atoms with Gasteiger partial charge in [0, 0.05) is 16.5 Å². The van der Waals surface area contributed by atoms with Crippen molar-refractivity contribution in [2.75, 3.05) is 27.4 Å². The SMILES string of the molecule is CCCCCCOc1c(C(C)(C)C)sc(-c2ccc(OC)c(-c3cc(C(C)(C)C)ccc3OC)c2)c1OCC(CC)CCCC. The van der Waals surface area contributed by atoms with Crippen LogP contribution >= 0.6 is 11.3 Å². The van der Waals surface area contributed by atoms with Crippen LogP contribution in [0.5, 0.6) is 23.0 Å². The zero-order chi connectivity index (χ0) is 33.2. The maximum Gasteiger partial charge on any atom is 0.180 e. The minimum atomic E-state index is -0.0916. The lowest BCUT2D eigenvalue weighted by Gasteiger charge is -2.22. The molecule has 250 valence electrons. The summed E-state index contributed by atoms with van der Waals surface area (Å²) in [6.45, 7) is 21.7. The van der Waals surface area contributed by atoms with Gasteiger partial charge in [-0.3, -0.25) is 0 Å². The number of thiophene rings is 1. The monoisotopic (exact) mass is 636 g/mol. The Morgan fingerprint density at radius 3 is 1.91 bits per heavy atom. The van der Waals surface area contributed by atoms with Gasteiger partial charge in [-0.2, -0.15) is 0 Å². The third-order valence-electron chi connectivity index (χ3n) is 8.57. The Hall–Kier alpha value is -2.66. The van der Waals surface area contributed by atoms with Crippen LogP contribution in [-0.2, 0) is 10.8 Å². The van der Waals surface area contributed by atoms with Gasteiger partial charge in [0.05, 0.1) is 37.2 Å². The first-order valence-corrected chi connectivity index (χ1v) is 18.0. The van der Waals surface area contributed by atoms with Gasteiger partial charge >= 0.3 is 0 Å². The van der Waals surface area contributed by atoms with Crippen LogP contribution in [0.15, 0.2) is 36.4 Å². The molecule has 0 amide bonds. The molecule has 0 fully saturated rings. The van der Waals surface area contributed by atoms with E-state index in [1.54, 1.807) is 25.6 Å². The van der Waals surface area contributed by atoms with E-state index < -0.39 is 0 Å². The molecule has 2 aromatic carbocycles. The van der Waals surface area contributed by atoms with Crippen molar-refractivity contribution in [1.29, 1.82) is 0 Å². The van der Waals surface area contributed by atoms with E-state index in [1.165, 1.54) is 49.0 Å². The predicted molar refractivity (Wildman–Crippen MR) is 194 cm³/mol. The van der Waals surface area contributed by atoms with E-state index in [2.05, 4.69) is 98.7 Å². The number of rotatable bonds is 17. The summed E-state index contributed by atoms with van der Waals surface area (Å²) in [4.78, 5) is 2.35. The average molecular weight is 637 g/mol. The Balaban J connectivity index is 2.21. The summed E-state index contributed by atoms with van der Waals surface area (Å²) in [6.07, 6.45) is 9.39. The molecule has 1 unspecified atom stereocenters. The van der Waals surface area contributed by atoms with Gasteiger partial charge in [-0.05, 0) is 65.6 Å². The van der Waals surface area contributed by atoms with Gasteiger partial charge in [0.25, 0.3) is 0 Å². The maximum atomic E-state index is 6.87. The van der Waals surface area contributed by atoms with E-state index in [9.17, 15) is 0 Å². The fraction of sp³-hybridized carbons (Fsp3) is 0.600. The van der Waals surface area contributed by atoms with Crippen molar-refractivity contribution < 1.29 is 18.9 Å². The molecular formula is C40H60O4S. The fourth-order valence-corrected chi connectivity index (χ4v) is 6.84. The lowest BCUT2D eigenvalue weighted by Crippen LogP contribution is -2.14. The van der Waals surface area contributed by atoms with Crippen LogP contribution in [0.25, 0.3) is 21.6 Å². The second kappa shape index (κ2) is 16.8. The molecule has 45 heavy (non-hydrogen) atoms. The topological polar surface area (TPSA) is 36.9 Å². The smallest absolute Gasteiger partial charge is 0.180 e. The molecule has 0 radical (unpaired) electrons. The van der Waals surface area contributed by atoms with Crippen LogP contribution in [0.3, 0.4) is 0 Å². The van der Waals surface area contributed by atoms with Crippen LogP contribution in [0.2, 0.25) is 0 Å². The summed E-state index contributed by atoms with van der Waals surface area (Å²) in [5.74, 6) is 3.98. The van der Waals surface area contributed by atoms with Crippen molar-refractivity contribution in [3.8, 4) is 44.6 Å². The largest absolute Gasteiger partial charge is 0.496 e. The minimum absolute atomic E-state index is 0.000792. The fourth-order valence-electron chi connectivity index (χ4n) is 5.59. The van der Waals surface area contributed by atoms with Crippen molar-refractivity contribution >= 4 is 11.3 Å². The van der Waals surface area contributed by atoms with E-state index in [-0.39, 0.29) is 10.8 Å². The Bertz CT molecular complexity index is 1340.